The van der Waals surface area contributed by atoms with E-state index in [2.05, 4.69) is 30.4 Å². The Labute approximate surface area is 129 Å². The lowest BCUT2D eigenvalue weighted by atomic mass is 10.1. The summed E-state index contributed by atoms with van der Waals surface area (Å²) in [5.41, 5.74) is 2.63. The average molecular weight is 300 g/mol. The summed E-state index contributed by atoms with van der Waals surface area (Å²) in [6.45, 7) is 4.10. The van der Waals surface area contributed by atoms with Crippen LogP contribution in [0.4, 0.5) is 0 Å². The average Bonchev–Trinajstić information content (AvgIpc) is 3.12. The highest BCUT2D eigenvalue weighted by atomic mass is 32.1. The number of para-hydroxylation sites is 1. The third-order valence-corrected chi connectivity index (χ3v) is 5.33. The first-order valence-electron chi connectivity index (χ1n) is 7.80. The third kappa shape index (κ3) is 2.58. The van der Waals surface area contributed by atoms with Gasteiger partial charge in [0.05, 0.1) is 5.69 Å². The molecule has 2 aliphatic rings. The van der Waals surface area contributed by atoms with E-state index in [1.54, 1.807) is 0 Å². The van der Waals surface area contributed by atoms with Gasteiger partial charge in [0.15, 0.2) is 6.10 Å². The normalized spacial score (nSPS) is 20.3. The molecular weight excluding hydrogens is 280 g/mol. The monoisotopic (exact) mass is 300 g/mol. The molecule has 1 fully saturated rings. The molecule has 0 amide bonds. The number of nitrogens with one attached hydrogen (secondary N) is 1. The van der Waals surface area contributed by atoms with Crippen molar-refractivity contribution in [2.75, 3.05) is 6.54 Å². The first-order valence-corrected chi connectivity index (χ1v) is 8.61. The molecule has 2 aromatic rings. The van der Waals surface area contributed by atoms with Gasteiger partial charge in [0.1, 0.15) is 10.8 Å². The van der Waals surface area contributed by atoms with E-state index in [0.717, 1.165) is 30.3 Å². The van der Waals surface area contributed by atoms with E-state index in [0.29, 0.717) is 5.92 Å². The zero-order chi connectivity index (χ0) is 14.2. The van der Waals surface area contributed by atoms with Gasteiger partial charge in [-0.3, -0.25) is 0 Å². The molecule has 0 spiro atoms. The van der Waals surface area contributed by atoms with Crippen molar-refractivity contribution in [3.05, 3.63) is 45.4 Å². The number of aromatic nitrogens is 1. The molecule has 4 heteroatoms. The van der Waals surface area contributed by atoms with E-state index in [4.69, 9.17) is 9.72 Å². The quantitative estimate of drug-likeness (QED) is 0.912. The van der Waals surface area contributed by atoms with Crippen LogP contribution >= 0.6 is 11.3 Å². The van der Waals surface area contributed by atoms with Crippen LogP contribution in [0.5, 0.6) is 5.75 Å². The number of thiazole rings is 1. The van der Waals surface area contributed by atoms with Crippen LogP contribution in [0.3, 0.4) is 0 Å². The Kier molecular flexibility index (Phi) is 3.43. The Hall–Kier alpha value is -1.39. The van der Waals surface area contributed by atoms with E-state index in [-0.39, 0.29) is 6.10 Å². The molecule has 0 radical (unpaired) electrons. The van der Waals surface area contributed by atoms with Gasteiger partial charge in [0, 0.05) is 23.8 Å². The number of fused-ring (bicyclic) bond motifs is 1. The lowest BCUT2D eigenvalue weighted by molar-refractivity contribution is 0.238. The molecule has 0 saturated heterocycles. The van der Waals surface area contributed by atoms with Gasteiger partial charge in [-0.25, -0.2) is 4.98 Å². The number of hydrogen-bond acceptors (Lipinski definition) is 4. The van der Waals surface area contributed by atoms with Crippen LogP contribution in [0.1, 0.15) is 52.9 Å². The van der Waals surface area contributed by atoms with Crippen LogP contribution in [0.15, 0.2) is 24.3 Å². The minimum atomic E-state index is 0.111. The smallest absolute Gasteiger partial charge is 0.154 e. The maximum atomic E-state index is 6.09. The molecule has 1 aliphatic carbocycles. The van der Waals surface area contributed by atoms with Gasteiger partial charge in [-0.05, 0) is 31.0 Å². The highest BCUT2D eigenvalue weighted by Crippen LogP contribution is 2.45. The summed E-state index contributed by atoms with van der Waals surface area (Å²) in [7, 11) is 0. The summed E-state index contributed by atoms with van der Waals surface area (Å²) in [5.74, 6) is 1.73. The molecule has 4 rings (SSSR count). The molecule has 1 saturated carbocycles. The summed E-state index contributed by atoms with van der Waals surface area (Å²) >= 11 is 1.84. The minimum Gasteiger partial charge on any atom is -0.483 e. The Morgan fingerprint density at radius 3 is 2.95 bits per heavy atom. The van der Waals surface area contributed by atoms with Gasteiger partial charge in [0.25, 0.3) is 0 Å². The maximum Gasteiger partial charge on any atom is 0.154 e. The van der Waals surface area contributed by atoms with Crippen molar-refractivity contribution < 1.29 is 4.74 Å². The second-order valence-corrected chi connectivity index (χ2v) is 6.95. The fourth-order valence-corrected chi connectivity index (χ4v) is 4.03. The number of hydrogen-bond donors (Lipinski definition) is 1. The molecule has 1 atom stereocenters. The predicted octanol–water partition coefficient (Wildman–Crippen LogP) is 3.81. The lowest BCUT2D eigenvalue weighted by Crippen LogP contribution is -2.11. The fourth-order valence-electron chi connectivity index (χ4n) is 2.88. The molecule has 1 aromatic carbocycles. The number of ether oxygens (including phenoxy) is 1. The molecule has 1 aliphatic heterocycles. The molecule has 110 valence electrons. The van der Waals surface area contributed by atoms with Crippen LogP contribution in [-0.2, 0) is 13.0 Å². The summed E-state index contributed by atoms with van der Waals surface area (Å²) in [6.07, 6.45) is 3.66. The molecule has 1 aromatic heterocycles. The van der Waals surface area contributed by atoms with Crippen LogP contribution in [0.2, 0.25) is 0 Å². The minimum absolute atomic E-state index is 0.111. The van der Waals surface area contributed by atoms with Crippen molar-refractivity contribution in [2.45, 2.75) is 44.8 Å². The summed E-state index contributed by atoms with van der Waals surface area (Å²) in [4.78, 5) is 6.35. The van der Waals surface area contributed by atoms with E-state index < -0.39 is 0 Å². The molecular formula is C17H20N2OS. The van der Waals surface area contributed by atoms with Crippen molar-refractivity contribution in [1.82, 2.24) is 10.3 Å². The highest BCUT2D eigenvalue weighted by molar-refractivity contribution is 7.11. The number of benzene rings is 1. The Bertz CT molecular complexity index is 623. The first-order chi connectivity index (χ1) is 10.3. The van der Waals surface area contributed by atoms with E-state index in [1.165, 1.54) is 29.0 Å². The summed E-state index contributed by atoms with van der Waals surface area (Å²) in [6, 6.07) is 8.34. The Morgan fingerprint density at radius 2 is 2.19 bits per heavy atom. The van der Waals surface area contributed by atoms with Crippen molar-refractivity contribution in [1.29, 1.82) is 0 Å². The van der Waals surface area contributed by atoms with Gasteiger partial charge in [-0.1, -0.05) is 25.1 Å². The molecule has 21 heavy (non-hydrogen) atoms. The molecule has 1 unspecified atom stereocenters. The summed E-state index contributed by atoms with van der Waals surface area (Å²) in [5, 5.41) is 4.59. The van der Waals surface area contributed by atoms with Gasteiger partial charge >= 0.3 is 0 Å². The van der Waals surface area contributed by atoms with Gasteiger partial charge in [-0.2, -0.15) is 0 Å². The maximum absolute atomic E-state index is 6.09. The third-order valence-electron chi connectivity index (χ3n) is 4.17. The van der Waals surface area contributed by atoms with Crippen LogP contribution in [-0.4, -0.2) is 11.5 Å². The van der Waals surface area contributed by atoms with Crippen molar-refractivity contribution in [2.24, 2.45) is 0 Å². The van der Waals surface area contributed by atoms with Crippen molar-refractivity contribution in [3.63, 3.8) is 0 Å². The summed E-state index contributed by atoms with van der Waals surface area (Å²) < 4.78 is 6.09. The van der Waals surface area contributed by atoms with E-state index in [9.17, 15) is 0 Å². The second-order valence-electron chi connectivity index (χ2n) is 5.83. The van der Waals surface area contributed by atoms with E-state index in [1.807, 2.05) is 17.4 Å². The fraction of sp³-hybridized carbons (Fsp3) is 0.471. The first kappa shape index (κ1) is 13.3. The topological polar surface area (TPSA) is 34.1 Å². The molecule has 3 nitrogen and oxygen atoms in total. The lowest BCUT2D eigenvalue weighted by Gasteiger charge is -2.06. The van der Waals surface area contributed by atoms with Gasteiger partial charge in [-0.15, -0.1) is 11.3 Å². The number of nitrogens with zero attached hydrogens (tertiary/aromatic N) is 1. The van der Waals surface area contributed by atoms with Crippen LogP contribution in [0, 0.1) is 0 Å². The largest absolute Gasteiger partial charge is 0.483 e. The predicted molar refractivity (Wildman–Crippen MR) is 85.0 cm³/mol. The Balaban J connectivity index is 1.58. The van der Waals surface area contributed by atoms with Crippen LogP contribution < -0.4 is 10.1 Å². The van der Waals surface area contributed by atoms with Crippen molar-refractivity contribution in [3.8, 4) is 5.75 Å². The van der Waals surface area contributed by atoms with E-state index >= 15 is 0 Å². The zero-order valence-electron chi connectivity index (χ0n) is 12.3. The second kappa shape index (κ2) is 5.43. The highest BCUT2D eigenvalue weighted by Gasteiger charge is 2.33. The standard InChI is InChI=1S/C17H20N2OS/c1-2-18-10-15-16(11-7-8-11)19-17(21-15)14-9-12-5-3-4-6-13(12)20-14/h3-6,11,14,18H,2,7-10H2,1H3. The van der Waals surface area contributed by atoms with Crippen LogP contribution in [0.25, 0.3) is 0 Å². The zero-order valence-corrected chi connectivity index (χ0v) is 13.1. The van der Waals surface area contributed by atoms with Crippen molar-refractivity contribution >= 4 is 11.3 Å². The number of rotatable bonds is 5. The van der Waals surface area contributed by atoms with Gasteiger partial charge in [0.2, 0.25) is 0 Å². The van der Waals surface area contributed by atoms with Gasteiger partial charge < -0.3 is 10.1 Å². The molecule has 2 heterocycles. The SMILES string of the molecule is CCNCc1sc(C2Cc3ccccc3O2)nc1C1CC1. The molecule has 0 bridgehead atoms. The Morgan fingerprint density at radius 1 is 1.33 bits per heavy atom. The molecule has 1 N–H and O–H groups in total.